The Balaban J connectivity index is 1.02. The van der Waals surface area contributed by atoms with Crippen LogP contribution in [0.4, 0.5) is 22.7 Å². The van der Waals surface area contributed by atoms with Crippen LogP contribution in [0, 0.1) is 0 Å². The van der Waals surface area contributed by atoms with Crippen LogP contribution in [-0.2, 0) is 12.8 Å². The summed E-state index contributed by atoms with van der Waals surface area (Å²) in [7, 11) is 0. The van der Waals surface area contributed by atoms with Gasteiger partial charge in [0.2, 0.25) is 0 Å². The van der Waals surface area contributed by atoms with Crippen LogP contribution in [-0.4, -0.2) is 13.2 Å². The van der Waals surface area contributed by atoms with Gasteiger partial charge in [0.05, 0.1) is 36.0 Å². The fourth-order valence-electron chi connectivity index (χ4n) is 5.18. The molecule has 6 nitrogen and oxygen atoms in total. The van der Waals surface area contributed by atoms with Crippen LogP contribution in [0.1, 0.15) is 95.6 Å². The minimum Gasteiger partial charge on any atom is -0.494 e. The first-order valence-electron chi connectivity index (χ1n) is 17.7. The summed E-state index contributed by atoms with van der Waals surface area (Å²) in [5.41, 5.74) is 6.11. The summed E-state index contributed by atoms with van der Waals surface area (Å²) in [4.78, 5) is 0. The molecule has 0 saturated heterocycles. The van der Waals surface area contributed by atoms with E-state index < -0.39 is 0 Å². The molecule has 6 heteroatoms. The summed E-state index contributed by atoms with van der Waals surface area (Å²) in [6.07, 6.45) is 15.3. The number of hydrogen-bond acceptors (Lipinski definition) is 6. The first kappa shape index (κ1) is 35.5. The minimum absolute atomic E-state index is 0.718. The van der Waals surface area contributed by atoms with E-state index in [4.69, 9.17) is 9.47 Å². The maximum atomic E-state index is 5.92. The lowest BCUT2D eigenvalue weighted by molar-refractivity contribution is 0.293. The van der Waals surface area contributed by atoms with E-state index in [0.29, 0.717) is 0 Å². The van der Waals surface area contributed by atoms with Crippen molar-refractivity contribution in [3.63, 3.8) is 0 Å². The largest absolute Gasteiger partial charge is 0.494 e. The number of benzene rings is 4. The molecule has 4 aromatic carbocycles. The van der Waals surface area contributed by atoms with Gasteiger partial charge in [-0.2, -0.15) is 20.5 Å². The van der Waals surface area contributed by atoms with Gasteiger partial charge >= 0.3 is 0 Å². The lowest BCUT2D eigenvalue weighted by atomic mass is 10.1. The Hall–Kier alpha value is -4.32. The second-order valence-corrected chi connectivity index (χ2v) is 12.1. The quantitative estimate of drug-likeness (QED) is 0.0639. The molecule has 248 valence electrons. The third-order valence-corrected chi connectivity index (χ3v) is 8.07. The van der Waals surface area contributed by atoms with Crippen molar-refractivity contribution < 1.29 is 9.47 Å². The Labute approximate surface area is 282 Å². The fourth-order valence-corrected chi connectivity index (χ4v) is 5.18. The maximum absolute atomic E-state index is 5.92. The van der Waals surface area contributed by atoms with Gasteiger partial charge in [0.25, 0.3) is 0 Å². The van der Waals surface area contributed by atoms with Crippen LogP contribution >= 0.6 is 0 Å². The van der Waals surface area contributed by atoms with Gasteiger partial charge in [-0.25, -0.2) is 0 Å². The third kappa shape index (κ3) is 14.3. The summed E-state index contributed by atoms with van der Waals surface area (Å²) in [6, 6.07) is 32.4. The Morgan fingerprint density at radius 3 is 1.02 bits per heavy atom. The topological polar surface area (TPSA) is 67.9 Å². The average Bonchev–Trinajstić information content (AvgIpc) is 3.11. The van der Waals surface area contributed by atoms with Crippen molar-refractivity contribution in [2.24, 2.45) is 20.5 Å². The van der Waals surface area contributed by atoms with Crippen LogP contribution in [0.2, 0.25) is 0 Å². The van der Waals surface area contributed by atoms with Crippen LogP contribution in [0.15, 0.2) is 118 Å². The van der Waals surface area contributed by atoms with E-state index in [0.717, 1.165) is 86.0 Å². The van der Waals surface area contributed by atoms with E-state index in [1.54, 1.807) is 0 Å². The Bertz CT molecular complexity index is 1330. The Morgan fingerprint density at radius 2 is 0.681 bits per heavy atom. The molecule has 0 atom stereocenters. The van der Waals surface area contributed by atoms with Gasteiger partial charge < -0.3 is 9.47 Å². The number of rotatable bonds is 22. The summed E-state index contributed by atoms with van der Waals surface area (Å²) in [5.74, 6) is 1.74. The van der Waals surface area contributed by atoms with Gasteiger partial charge in [0.15, 0.2) is 0 Å². The zero-order chi connectivity index (χ0) is 32.8. The highest BCUT2D eigenvalue weighted by atomic mass is 16.5. The van der Waals surface area contributed by atoms with Crippen LogP contribution < -0.4 is 9.47 Å². The van der Waals surface area contributed by atoms with Crippen molar-refractivity contribution in [3.05, 3.63) is 108 Å². The van der Waals surface area contributed by atoms with Gasteiger partial charge in [0, 0.05) is 0 Å². The molecule has 0 amide bonds. The van der Waals surface area contributed by atoms with Crippen molar-refractivity contribution in [1.82, 2.24) is 0 Å². The van der Waals surface area contributed by atoms with E-state index in [-0.39, 0.29) is 0 Å². The zero-order valence-electron chi connectivity index (χ0n) is 28.4. The van der Waals surface area contributed by atoms with E-state index in [9.17, 15) is 0 Å². The van der Waals surface area contributed by atoms with E-state index in [1.165, 1.54) is 56.1 Å². The molecule has 0 spiro atoms. The predicted molar refractivity (Wildman–Crippen MR) is 195 cm³/mol. The summed E-state index contributed by atoms with van der Waals surface area (Å²) >= 11 is 0. The Kier molecular flexibility index (Phi) is 16.2. The molecule has 4 aromatic rings. The molecule has 0 radical (unpaired) electrons. The highest BCUT2D eigenvalue weighted by Gasteiger charge is 2.00. The van der Waals surface area contributed by atoms with Gasteiger partial charge in [-0.15, -0.1) is 0 Å². The first-order valence-corrected chi connectivity index (χ1v) is 17.7. The summed E-state index contributed by atoms with van der Waals surface area (Å²) < 4.78 is 11.8. The molecule has 0 aliphatic carbocycles. The maximum Gasteiger partial charge on any atom is 0.119 e. The molecule has 0 fully saturated rings. The molecule has 0 unspecified atom stereocenters. The molecular formula is C41H52N4O2. The van der Waals surface area contributed by atoms with E-state index in [1.807, 2.05) is 72.8 Å². The number of ether oxygens (including phenoxy) is 2. The van der Waals surface area contributed by atoms with Crippen molar-refractivity contribution in [2.45, 2.75) is 97.3 Å². The molecule has 0 N–H and O–H groups in total. The van der Waals surface area contributed by atoms with Crippen LogP contribution in [0.3, 0.4) is 0 Å². The predicted octanol–water partition coefficient (Wildman–Crippen LogP) is 13.4. The number of nitrogens with zero attached hydrogens (tertiary/aromatic N) is 4. The van der Waals surface area contributed by atoms with Crippen LogP contribution in [0.5, 0.6) is 11.5 Å². The molecule has 4 rings (SSSR count). The van der Waals surface area contributed by atoms with Crippen molar-refractivity contribution in [2.75, 3.05) is 13.2 Å². The van der Waals surface area contributed by atoms with Gasteiger partial charge in [-0.05, 0) is 122 Å². The molecule has 0 bridgehead atoms. The lowest BCUT2D eigenvalue weighted by Crippen LogP contribution is -1.99. The zero-order valence-corrected chi connectivity index (χ0v) is 28.4. The SMILES string of the molecule is CCCCCc1ccc(N=Nc2ccc(OCCCCCCCOc3ccc(N=Nc4ccc(CCCCC)cc4)cc3)cc2)cc1. The van der Waals surface area contributed by atoms with Gasteiger partial charge in [-0.1, -0.05) is 83.1 Å². The Morgan fingerprint density at radius 1 is 0.362 bits per heavy atom. The summed E-state index contributed by atoms with van der Waals surface area (Å²) in [6.45, 7) is 5.90. The highest BCUT2D eigenvalue weighted by Crippen LogP contribution is 2.24. The van der Waals surface area contributed by atoms with Crippen molar-refractivity contribution >= 4 is 22.7 Å². The standard InChI is InChI=1S/C41H52N4O2/c1-3-5-10-14-34-16-20-36(21-17-34)42-44-38-24-28-40(29-25-38)46-32-12-8-7-9-13-33-47-41-30-26-39(27-31-41)45-43-37-22-18-35(19-23-37)15-11-6-4-2/h16-31H,3-15,32-33H2,1-2H3. The molecule has 0 saturated carbocycles. The fraction of sp³-hybridized carbons (Fsp3) is 0.415. The van der Waals surface area contributed by atoms with E-state index >= 15 is 0 Å². The summed E-state index contributed by atoms with van der Waals surface area (Å²) in [5, 5.41) is 17.5. The second-order valence-electron chi connectivity index (χ2n) is 12.1. The third-order valence-electron chi connectivity index (χ3n) is 8.07. The van der Waals surface area contributed by atoms with E-state index in [2.05, 4.69) is 58.6 Å². The van der Waals surface area contributed by atoms with Crippen molar-refractivity contribution in [3.8, 4) is 11.5 Å². The molecule has 0 heterocycles. The van der Waals surface area contributed by atoms with Crippen molar-refractivity contribution in [1.29, 1.82) is 0 Å². The normalized spacial score (nSPS) is 11.4. The van der Waals surface area contributed by atoms with Gasteiger partial charge in [0.1, 0.15) is 11.5 Å². The van der Waals surface area contributed by atoms with Crippen LogP contribution in [0.25, 0.3) is 0 Å². The molecule has 0 aromatic heterocycles. The monoisotopic (exact) mass is 632 g/mol. The number of aryl methyl sites for hydroxylation is 2. The van der Waals surface area contributed by atoms with Gasteiger partial charge in [-0.3, -0.25) is 0 Å². The molecule has 0 aliphatic heterocycles. The number of azo groups is 2. The second kappa shape index (κ2) is 21.5. The minimum atomic E-state index is 0.718. The smallest absolute Gasteiger partial charge is 0.119 e. The first-order chi connectivity index (χ1) is 23.2. The molecular weight excluding hydrogens is 580 g/mol. The highest BCUT2D eigenvalue weighted by molar-refractivity contribution is 5.44. The average molecular weight is 633 g/mol. The molecule has 47 heavy (non-hydrogen) atoms. The number of unbranched alkanes of at least 4 members (excludes halogenated alkanes) is 8. The lowest BCUT2D eigenvalue weighted by Gasteiger charge is -2.07. The molecule has 0 aliphatic rings. The number of hydrogen-bond donors (Lipinski definition) is 0.